The first-order valence-corrected chi connectivity index (χ1v) is 6.75. The molecule has 1 rings (SSSR count). The molecule has 78 valence electrons. The molecule has 0 aromatic rings. The van der Waals surface area contributed by atoms with Crippen LogP contribution in [-0.2, 0) is 9.84 Å². The van der Waals surface area contributed by atoms with Crippen molar-refractivity contribution in [3.8, 4) is 0 Å². The highest BCUT2D eigenvalue weighted by Gasteiger charge is 2.26. The van der Waals surface area contributed by atoms with Crippen LogP contribution in [0.2, 0.25) is 0 Å². The summed E-state index contributed by atoms with van der Waals surface area (Å²) in [6.07, 6.45) is 1.91. The average Bonchev–Trinajstić information content (AvgIpc) is 2.29. The van der Waals surface area contributed by atoms with E-state index in [1.165, 1.54) is 0 Å². The third kappa shape index (κ3) is 4.09. The van der Waals surface area contributed by atoms with Crippen molar-refractivity contribution >= 4 is 9.84 Å². The molecule has 1 aliphatic heterocycles. The van der Waals surface area contributed by atoms with Crippen LogP contribution in [-0.4, -0.2) is 32.5 Å². The molecular weight excluding hydrogens is 186 g/mol. The van der Waals surface area contributed by atoms with Gasteiger partial charge in [-0.25, -0.2) is 8.42 Å². The minimum absolute atomic E-state index is 0.212. The quantitative estimate of drug-likeness (QED) is 0.739. The van der Waals surface area contributed by atoms with E-state index in [4.69, 9.17) is 0 Å². The molecule has 0 bridgehead atoms. The molecule has 1 N–H and O–H groups in total. The average molecular weight is 205 g/mol. The first-order valence-electron chi connectivity index (χ1n) is 4.93. The molecule has 1 saturated heterocycles. The van der Waals surface area contributed by atoms with Crippen LogP contribution in [0.5, 0.6) is 0 Å². The maximum absolute atomic E-state index is 11.1. The van der Waals surface area contributed by atoms with Crippen molar-refractivity contribution in [3.63, 3.8) is 0 Å². The van der Waals surface area contributed by atoms with E-state index in [1.54, 1.807) is 0 Å². The third-order valence-electron chi connectivity index (χ3n) is 2.39. The van der Waals surface area contributed by atoms with Crippen LogP contribution in [0.25, 0.3) is 0 Å². The highest BCUT2D eigenvalue weighted by atomic mass is 32.2. The fourth-order valence-corrected chi connectivity index (χ4v) is 3.24. The van der Waals surface area contributed by atoms with Gasteiger partial charge in [0.1, 0.15) is 0 Å². The Balaban J connectivity index is 2.18. The van der Waals surface area contributed by atoms with Crippen molar-refractivity contribution in [1.82, 2.24) is 5.32 Å². The van der Waals surface area contributed by atoms with Gasteiger partial charge in [0.15, 0.2) is 9.84 Å². The van der Waals surface area contributed by atoms with Gasteiger partial charge in [0.25, 0.3) is 0 Å². The minimum Gasteiger partial charge on any atom is -0.313 e. The van der Waals surface area contributed by atoms with Crippen molar-refractivity contribution in [2.45, 2.75) is 32.7 Å². The van der Waals surface area contributed by atoms with Gasteiger partial charge in [0.05, 0.1) is 11.5 Å². The number of hydrogen-bond acceptors (Lipinski definition) is 3. The molecule has 0 amide bonds. The summed E-state index contributed by atoms with van der Waals surface area (Å²) in [7, 11) is -2.71. The second-order valence-electron chi connectivity index (χ2n) is 4.24. The molecule has 1 fully saturated rings. The van der Waals surface area contributed by atoms with Crippen LogP contribution >= 0.6 is 0 Å². The second kappa shape index (κ2) is 4.42. The Hall–Kier alpha value is -0.0900. The van der Waals surface area contributed by atoms with Gasteiger partial charge in [-0.3, -0.25) is 0 Å². The van der Waals surface area contributed by atoms with E-state index >= 15 is 0 Å². The molecule has 0 spiro atoms. The molecule has 0 aliphatic carbocycles. The highest BCUT2D eigenvalue weighted by Crippen LogP contribution is 2.11. The smallest absolute Gasteiger partial charge is 0.151 e. The van der Waals surface area contributed by atoms with Crippen molar-refractivity contribution in [2.24, 2.45) is 5.92 Å². The normalized spacial score (nSPS) is 26.8. The summed E-state index contributed by atoms with van der Waals surface area (Å²) >= 11 is 0. The fourth-order valence-electron chi connectivity index (χ4n) is 1.53. The van der Waals surface area contributed by atoms with Gasteiger partial charge in [-0.05, 0) is 25.3 Å². The molecule has 1 atom stereocenters. The summed E-state index contributed by atoms with van der Waals surface area (Å²) in [5, 5.41) is 3.29. The number of nitrogens with one attached hydrogen (secondary N) is 1. The predicted molar refractivity (Wildman–Crippen MR) is 54.5 cm³/mol. The van der Waals surface area contributed by atoms with Gasteiger partial charge in [0.2, 0.25) is 0 Å². The molecule has 0 aromatic carbocycles. The molecule has 3 nitrogen and oxygen atoms in total. The van der Waals surface area contributed by atoms with Gasteiger partial charge >= 0.3 is 0 Å². The van der Waals surface area contributed by atoms with E-state index in [0.717, 1.165) is 19.4 Å². The van der Waals surface area contributed by atoms with Crippen molar-refractivity contribution in [1.29, 1.82) is 0 Å². The number of rotatable bonds is 4. The summed E-state index contributed by atoms with van der Waals surface area (Å²) < 4.78 is 22.2. The number of sulfone groups is 1. The molecule has 1 unspecified atom stereocenters. The van der Waals surface area contributed by atoms with E-state index in [2.05, 4.69) is 19.2 Å². The molecular formula is C9H19NO2S. The summed E-state index contributed by atoms with van der Waals surface area (Å²) in [6, 6.07) is 0.212. The summed E-state index contributed by atoms with van der Waals surface area (Å²) in [5.74, 6) is 1.39. The van der Waals surface area contributed by atoms with Crippen LogP contribution in [0.1, 0.15) is 26.7 Å². The lowest BCUT2D eigenvalue weighted by atomic mass is 10.1. The summed E-state index contributed by atoms with van der Waals surface area (Å²) in [5.41, 5.74) is 0. The van der Waals surface area contributed by atoms with E-state index in [0.29, 0.717) is 17.4 Å². The number of hydrogen-bond donors (Lipinski definition) is 1. The van der Waals surface area contributed by atoms with Crippen LogP contribution < -0.4 is 5.32 Å². The lowest BCUT2D eigenvalue weighted by molar-refractivity contribution is 0.490. The van der Waals surface area contributed by atoms with E-state index < -0.39 is 9.84 Å². The van der Waals surface area contributed by atoms with Crippen LogP contribution in [0.15, 0.2) is 0 Å². The predicted octanol–water partition coefficient (Wildman–Crippen LogP) is 0.809. The molecule has 4 heteroatoms. The Morgan fingerprint density at radius 2 is 2.15 bits per heavy atom. The van der Waals surface area contributed by atoms with Crippen LogP contribution in [0, 0.1) is 5.92 Å². The van der Waals surface area contributed by atoms with Gasteiger partial charge < -0.3 is 5.32 Å². The lowest BCUT2D eigenvalue weighted by Crippen LogP contribution is -2.31. The Morgan fingerprint density at radius 3 is 2.62 bits per heavy atom. The molecule has 13 heavy (non-hydrogen) atoms. The fraction of sp³-hybridized carbons (Fsp3) is 1.00. The first-order chi connectivity index (χ1) is 5.99. The molecule has 0 saturated carbocycles. The molecule has 1 heterocycles. The topological polar surface area (TPSA) is 46.2 Å². The molecule has 0 aromatic heterocycles. The third-order valence-corrected chi connectivity index (χ3v) is 4.16. The highest BCUT2D eigenvalue weighted by molar-refractivity contribution is 7.91. The van der Waals surface area contributed by atoms with Crippen molar-refractivity contribution < 1.29 is 8.42 Å². The molecule has 0 radical (unpaired) electrons. The Morgan fingerprint density at radius 1 is 1.46 bits per heavy atom. The first kappa shape index (κ1) is 11.0. The SMILES string of the molecule is CC(C)CCNC1CCS(=O)(=O)C1. The van der Waals surface area contributed by atoms with E-state index in [-0.39, 0.29) is 6.04 Å². The van der Waals surface area contributed by atoms with Crippen LogP contribution in [0.3, 0.4) is 0 Å². The zero-order valence-corrected chi connectivity index (χ0v) is 9.23. The Kier molecular flexibility index (Phi) is 3.74. The largest absolute Gasteiger partial charge is 0.313 e. The zero-order valence-electron chi connectivity index (χ0n) is 8.41. The maximum Gasteiger partial charge on any atom is 0.151 e. The lowest BCUT2D eigenvalue weighted by Gasteiger charge is -2.11. The van der Waals surface area contributed by atoms with Crippen molar-refractivity contribution in [3.05, 3.63) is 0 Å². The summed E-state index contributed by atoms with van der Waals surface area (Å²) in [6.45, 7) is 5.29. The maximum atomic E-state index is 11.1. The molecule has 1 aliphatic rings. The second-order valence-corrected chi connectivity index (χ2v) is 6.47. The van der Waals surface area contributed by atoms with E-state index in [1.807, 2.05) is 0 Å². The van der Waals surface area contributed by atoms with Gasteiger partial charge in [0, 0.05) is 6.04 Å². The van der Waals surface area contributed by atoms with Gasteiger partial charge in [-0.15, -0.1) is 0 Å². The Bertz CT molecular complexity index is 246. The van der Waals surface area contributed by atoms with Gasteiger partial charge in [-0.1, -0.05) is 13.8 Å². The van der Waals surface area contributed by atoms with Gasteiger partial charge in [-0.2, -0.15) is 0 Å². The van der Waals surface area contributed by atoms with Crippen molar-refractivity contribution in [2.75, 3.05) is 18.1 Å². The Labute approximate surface area is 80.8 Å². The van der Waals surface area contributed by atoms with E-state index in [9.17, 15) is 8.42 Å². The summed E-state index contributed by atoms with van der Waals surface area (Å²) in [4.78, 5) is 0. The minimum atomic E-state index is -2.71. The zero-order chi connectivity index (χ0) is 9.90. The monoisotopic (exact) mass is 205 g/mol. The standard InChI is InChI=1S/C9H19NO2S/c1-8(2)3-5-10-9-4-6-13(11,12)7-9/h8-10H,3-7H2,1-2H3. The van der Waals surface area contributed by atoms with Crippen LogP contribution in [0.4, 0.5) is 0 Å².